The quantitative estimate of drug-likeness (QED) is 0.538. The van der Waals surface area contributed by atoms with Crippen molar-refractivity contribution in [3.63, 3.8) is 0 Å². The number of nitrogens with zero attached hydrogens (tertiary/aromatic N) is 2. The Morgan fingerprint density at radius 2 is 2.07 bits per heavy atom. The van der Waals surface area contributed by atoms with Gasteiger partial charge >= 0.3 is 0 Å². The van der Waals surface area contributed by atoms with E-state index in [4.69, 9.17) is 4.74 Å². The number of amides is 1. The van der Waals surface area contributed by atoms with E-state index in [1.54, 1.807) is 37.4 Å². The number of likely N-dealkylation sites (N-methyl/N-ethyl adjacent to an activating group) is 1. The number of thiophene rings is 1. The molecule has 0 saturated heterocycles. The van der Waals surface area contributed by atoms with E-state index in [1.807, 2.05) is 31.2 Å². The van der Waals surface area contributed by atoms with Crippen molar-refractivity contribution in [2.45, 2.75) is 19.9 Å². The molecule has 1 aromatic carbocycles. The first-order valence-electron chi connectivity index (χ1n) is 8.88. The minimum Gasteiger partial charge on any atom is -0.496 e. The fraction of sp³-hybridized carbons (Fsp3) is 0.400. The summed E-state index contributed by atoms with van der Waals surface area (Å²) in [6.07, 6.45) is 0.911. The monoisotopic (exact) mass is 388 g/mol. The van der Waals surface area contributed by atoms with Gasteiger partial charge in [0.1, 0.15) is 5.75 Å². The summed E-state index contributed by atoms with van der Waals surface area (Å²) in [4.78, 5) is 19.4. The molecule has 0 aliphatic heterocycles. The Kier molecular flexibility index (Phi) is 8.13. The first-order chi connectivity index (χ1) is 13.0. The van der Waals surface area contributed by atoms with Gasteiger partial charge in [0.15, 0.2) is 5.96 Å². The molecule has 2 aromatic rings. The Morgan fingerprint density at radius 3 is 2.74 bits per heavy atom. The molecular formula is C20H28N4O2S. The topological polar surface area (TPSA) is 66.0 Å². The van der Waals surface area contributed by atoms with E-state index in [2.05, 4.69) is 27.1 Å². The number of guanidine groups is 1. The number of rotatable bonds is 8. The maximum Gasteiger partial charge on any atom is 0.241 e. The van der Waals surface area contributed by atoms with Gasteiger partial charge in [0.25, 0.3) is 0 Å². The summed E-state index contributed by atoms with van der Waals surface area (Å²) in [5.41, 5.74) is 2.14. The van der Waals surface area contributed by atoms with Crippen LogP contribution in [-0.2, 0) is 17.8 Å². The van der Waals surface area contributed by atoms with Crippen LogP contribution in [0.5, 0.6) is 5.75 Å². The number of aliphatic imine (C=N–C) groups is 1. The molecule has 1 amide bonds. The van der Waals surface area contributed by atoms with Crippen molar-refractivity contribution in [2.75, 3.05) is 34.3 Å². The molecule has 27 heavy (non-hydrogen) atoms. The normalized spacial score (nSPS) is 11.2. The third kappa shape index (κ3) is 6.94. The first kappa shape index (κ1) is 20.8. The van der Waals surface area contributed by atoms with Crippen LogP contribution in [0, 0.1) is 6.92 Å². The minimum absolute atomic E-state index is 0.00401. The molecule has 0 aliphatic rings. The predicted octanol–water partition coefficient (Wildman–Crippen LogP) is 2.43. The highest BCUT2D eigenvalue weighted by molar-refractivity contribution is 7.09. The van der Waals surface area contributed by atoms with Crippen LogP contribution >= 0.6 is 11.3 Å². The molecule has 2 N–H and O–H groups in total. The maximum absolute atomic E-state index is 11.9. The van der Waals surface area contributed by atoms with Crippen LogP contribution in [0.25, 0.3) is 0 Å². The Bertz CT molecular complexity index is 757. The maximum atomic E-state index is 11.9. The molecule has 1 aromatic heterocycles. The summed E-state index contributed by atoms with van der Waals surface area (Å²) in [6, 6.07) is 10.2. The fourth-order valence-electron chi connectivity index (χ4n) is 2.40. The number of carbonyl (C=O) groups excluding carboxylic acids is 1. The number of carbonyl (C=O) groups is 1. The van der Waals surface area contributed by atoms with Gasteiger partial charge in [0, 0.05) is 31.1 Å². The molecule has 146 valence electrons. The first-order valence-corrected chi connectivity index (χ1v) is 9.75. The average molecular weight is 389 g/mol. The molecule has 0 unspecified atom stereocenters. The molecule has 0 bridgehead atoms. The molecule has 6 nitrogen and oxygen atoms in total. The van der Waals surface area contributed by atoms with Crippen LogP contribution in [0.1, 0.15) is 16.0 Å². The number of methoxy groups -OCH3 is 1. The summed E-state index contributed by atoms with van der Waals surface area (Å²) < 4.78 is 5.45. The van der Waals surface area contributed by atoms with Crippen LogP contribution < -0.4 is 15.4 Å². The van der Waals surface area contributed by atoms with Crippen molar-refractivity contribution in [2.24, 2.45) is 4.99 Å². The lowest BCUT2D eigenvalue weighted by Gasteiger charge is -2.15. The standard InChI is InChI=1S/C20H28N4O2S/c1-15-7-8-16(18(12-15)26-4)13-22-20(23-14-19(25)24(2)3)21-10-9-17-6-5-11-27-17/h5-8,11-12H,9-10,13-14H2,1-4H3,(H2,21,22,23). The van der Waals surface area contributed by atoms with E-state index in [0.717, 1.165) is 29.8 Å². The number of hydrogen-bond donors (Lipinski definition) is 2. The van der Waals surface area contributed by atoms with Crippen molar-refractivity contribution in [1.82, 2.24) is 15.5 Å². The third-order valence-electron chi connectivity index (χ3n) is 4.00. The van der Waals surface area contributed by atoms with Gasteiger partial charge in [0.2, 0.25) is 5.91 Å². The second-order valence-corrected chi connectivity index (χ2v) is 7.41. The van der Waals surface area contributed by atoms with Gasteiger partial charge in [-0.2, -0.15) is 0 Å². The lowest BCUT2D eigenvalue weighted by Crippen LogP contribution is -2.43. The predicted molar refractivity (Wildman–Crippen MR) is 112 cm³/mol. The molecule has 0 saturated carbocycles. The summed E-state index contributed by atoms with van der Waals surface area (Å²) in [6.45, 7) is 3.44. The number of aryl methyl sites for hydroxylation is 1. The van der Waals surface area contributed by atoms with Crippen LogP contribution in [-0.4, -0.2) is 51.1 Å². The molecule has 1 heterocycles. The van der Waals surface area contributed by atoms with Crippen molar-refractivity contribution >= 4 is 23.2 Å². The molecule has 0 radical (unpaired) electrons. The van der Waals surface area contributed by atoms with E-state index in [1.165, 1.54) is 4.88 Å². The van der Waals surface area contributed by atoms with Gasteiger partial charge in [-0.05, 0) is 36.4 Å². The van der Waals surface area contributed by atoms with Gasteiger partial charge in [-0.3, -0.25) is 4.79 Å². The number of benzene rings is 1. The summed E-state index contributed by atoms with van der Waals surface area (Å²) >= 11 is 1.74. The summed E-state index contributed by atoms with van der Waals surface area (Å²) in [5, 5.41) is 8.49. The second-order valence-electron chi connectivity index (χ2n) is 6.38. The number of nitrogens with one attached hydrogen (secondary N) is 2. The van der Waals surface area contributed by atoms with E-state index >= 15 is 0 Å². The van der Waals surface area contributed by atoms with E-state index in [9.17, 15) is 4.79 Å². The second kappa shape index (κ2) is 10.6. The zero-order valence-electron chi connectivity index (χ0n) is 16.4. The minimum atomic E-state index is -0.00401. The number of hydrogen-bond acceptors (Lipinski definition) is 4. The lowest BCUT2D eigenvalue weighted by atomic mass is 10.1. The van der Waals surface area contributed by atoms with Gasteiger partial charge < -0.3 is 20.3 Å². The average Bonchev–Trinajstić information content (AvgIpc) is 3.17. The zero-order valence-corrected chi connectivity index (χ0v) is 17.2. The molecule has 0 fully saturated rings. The molecule has 2 rings (SSSR count). The Balaban J connectivity index is 2.02. The smallest absolute Gasteiger partial charge is 0.241 e. The lowest BCUT2D eigenvalue weighted by molar-refractivity contribution is -0.127. The van der Waals surface area contributed by atoms with Crippen molar-refractivity contribution in [3.05, 3.63) is 51.7 Å². The molecule has 0 atom stereocenters. The highest BCUT2D eigenvalue weighted by Gasteiger charge is 2.07. The molecule has 7 heteroatoms. The number of ether oxygens (including phenoxy) is 1. The van der Waals surface area contributed by atoms with Gasteiger partial charge in [-0.1, -0.05) is 18.2 Å². The van der Waals surface area contributed by atoms with Crippen molar-refractivity contribution in [3.8, 4) is 5.75 Å². The van der Waals surface area contributed by atoms with Gasteiger partial charge in [-0.15, -0.1) is 11.3 Å². The zero-order chi connectivity index (χ0) is 19.6. The Morgan fingerprint density at radius 1 is 1.26 bits per heavy atom. The molecule has 0 spiro atoms. The van der Waals surface area contributed by atoms with Crippen LogP contribution in [0.3, 0.4) is 0 Å². The van der Waals surface area contributed by atoms with Crippen LogP contribution in [0.2, 0.25) is 0 Å². The largest absolute Gasteiger partial charge is 0.496 e. The highest BCUT2D eigenvalue weighted by Crippen LogP contribution is 2.20. The van der Waals surface area contributed by atoms with Crippen LogP contribution in [0.4, 0.5) is 0 Å². The van der Waals surface area contributed by atoms with Crippen LogP contribution in [0.15, 0.2) is 40.7 Å². The van der Waals surface area contributed by atoms with Crippen molar-refractivity contribution in [1.29, 1.82) is 0 Å². The highest BCUT2D eigenvalue weighted by atomic mass is 32.1. The molecular weight excluding hydrogens is 360 g/mol. The van der Waals surface area contributed by atoms with E-state index in [0.29, 0.717) is 12.5 Å². The van der Waals surface area contributed by atoms with Crippen molar-refractivity contribution < 1.29 is 9.53 Å². The summed E-state index contributed by atoms with van der Waals surface area (Å²) in [5.74, 6) is 1.43. The van der Waals surface area contributed by atoms with Gasteiger partial charge in [0.05, 0.1) is 20.2 Å². The van der Waals surface area contributed by atoms with E-state index < -0.39 is 0 Å². The van der Waals surface area contributed by atoms with Gasteiger partial charge in [-0.25, -0.2) is 4.99 Å². The third-order valence-corrected chi connectivity index (χ3v) is 4.94. The Hall–Kier alpha value is -2.54. The SMILES string of the molecule is COc1cc(C)ccc1CN=C(NCCc1cccs1)NCC(=O)N(C)C. The summed E-state index contributed by atoms with van der Waals surface area (Å²) in [7, 11) is 5.14. The Labute approximate surface area is 165 Å². The molecule has 0 aliphatic carbocycles. The van der Waals surface area contributed by atoms with E-state index in [-0.39, 0.29) is 12.5 Å². The fourth-order valence-corrected chi connectivity index (χ4v) is 3.11.